The third-order valence-corrected chi connectivity index (χ3v) is 5.05. The molecule has 0 aliphatic rings. The van der Waals surface area contributed by atoms with Crippen molar-refractivity contribution in [1.29, 1.82) is 0 Å². The minimum absolute atomic E-state index is 0.0847. The van der Waals surface area contributed by atoms with Gasteiger partial charge in [-0.2, -0.15) is 0 Å². The summed E-state index contributed by atoms with van der Waals surface area (Å²) in [6.45, 7) is 2.66. The Morgan fingerprint density at radius 2 is 1.90 bits per heavy atom. The number of sulfonamides is 1. The molecule has 0 fully saturated rings. The van der Waals surface area contributed by atoms with Gasteiger partial charge in [-0.15, -0.1) is 0 Å². The van der Waals surface area contributed by atoms with Crippen molar-refractivity contribution in [1.82, 2.24) is 0 Å². The SMILES string of the molecule is Cc1oc(C)c(S(=O)(=O)Nc2cc(Cl)ccc2Cl)c1CO. The van der Waals surface area contributed by atoms with E-state index in [2.05, 4.69) is 4.72 Å². The van der Waals surface area contributed by atoms with Gasteiger partial charge in [-0.3, -0.25) is 4.72 Å². The number of furan rings is 1. The van der Waals surface area contributed by atoms with E-state index in [1.54, 1.807) is 13.0 Å². The number of hydrogen-bond acceptors (Lipinski definition) is 4. The number of hydrogen-bond donors (Lipinski definition) is 2. The summed E-state index contributed by atoms with van der Waals surface area (Å²) in [7, 11) is -3.95. The van der Waals surface area contributed by atoms with Gasteiger partial charge in [0.2, 0.25) is 0 Å². The maximum atomic E-state index is 12.5. The van der Waals surface area contributed by atoms with Crippen LogP contribution < -0.4 is 4.72 Å². The molecule has 0 amide bonds. The molecule has 2 N–H and O–H groups in total. The van der Waals surface area contributed by atoms with E-state index >= 15 is 0 Å². The summed E-state index contributed by atoms with van der Waals surface area (Å²) in [4.78, 5) is -0.0847. The van der Waals surface area contributed by atoms with Gasteiger partial charge in [-0.25, -0.2) is 8.42 Å². The second-order valence-electron chi connectivity index (χ2n) is 4.41. The van der Waals surface area contributed by atoms with Gasteiger partial charge in [-0.1, -0.05) is 23.2 Å². The second kappa shape index (κ2) is 5.88. The average molecular weight is 350 g/mol. The van der Waals surface area contributed by atoms with Crippen LogP contribution in [0.3, 0.4) is 0 Å². The third kappa shape index (κ3) is 3.18. The lowest BCUT2D eigenvalue weighted by molar-refractivity contribution is 0.276. The van der Waals surface area contributed by atoms with Crippen molar-refractivity contribution in [3.63, 3.8) is 0 Å². The van der Waals surface area contributed by atoms with Crippen LogP contribution in [0.5, 0.6) is 0 Å². The molecule has 0 aliphatic heterocycles. The Hall–Kier alpha value is -1.21. The number of aliphatic hydroxyl groups is 1. The third-order valence-electron chi connectivity index (χ3n) is 2.92. The van der Waals surface area contributed by atoms with Crippen LogP contribution in [-0.2, 0) is 16.6 Å². The Kier molecular flexibility index (Phi) is 4.53. The van der Waals surface area contributed by atoms with E-state index < -0.39 is 16.6 Å². The molecule has 1 aromatic heterocycles. The van der Waals surface area contributed by atoms with E-state index in [1.165, 1.54) is 19.1 Å². The summed E-state index contributed by atoms with van der Waals surface area (Å²) in [5.41, 5.74) is 0.379. The summed E-state index contributed by atoms with van der Waals surface area (Å²) in [5, 5.41) is 9.90. The zero-order valence-electron chi connectivity index (χ0n) is 11.3. The van der Waals surface area contributed by atoms with Gasteiger partial charge >= 0.3 is 0 Å². The van der Waals surface area contributed by atoms with Crippen LogP contribution in [0.2, 0.25) is 10.0 Å². The minimum Gasteiger partial charge on any atom is -0.465 e. The number of halogens is 2. The zero-order valence-corrected chi connectivity index (χ0v) is 13.6. The van der Waals surface area contributed by atoms with Crippen molar-refractivity contribution >= 4 is 38.9 Å². The fourth-order valence-corrected chi connectivity index (χ4v) is 3.92. The topological polar surface area (TPSA) is 79.5 Å². The van der Waals surface area contributed by atoms with Crippen LogP contribution in [0.4, 0.5) is 5.69 Å². The predicted molar refractivity (Wildman–Crippen MR) is 81.4 cm³/mol. The van der Waals surface area contributed by atoms with E-state index in [-0.39, 0.29) is 26.9 Å². The summed E-state index contributed by atoms with van der Waals surface area (Å²) in [6, 6.07) is 4.44. The average Bonchev–Trinajstić information content (AvgIpc) is 2.68. The largest absolute Gasteiger partial charge is 0.465 e. The normalized spacial score (nSPS) is 11.7. The monoisotopic (exact) mass is 349 g/mol. The Labute approximate surface area is 132 Å². The highest BCUT2D eigenvalue weighted by atomic mass is 35.5. The quantitative estimate of drug-likeness (QED) is 0.885. The van der Waals surface area contributed by atoms with Crippen molar-refractivity contribution in [3.05, 3.63) is 45.3 Å². The highest BCUT2D eigenvalue weighted by Crippen LogP contribution is 2.31. The van der Waals surface area contributed by atoms with E-state index in [9.17, 15) is 13.5 Å². The molecule has 0 unspecified atom stereocenters. The first-order valence-corrected chi connectivity index (χ1v) is 8.17. The van der Waals surface area contributed by atoms with E-state index in [4.69, 9.17) is 27.6 Å². The Bertz CT molecular complexity index is 784. The first-order chi connectivity index (χ1) is 9.76. The smallest absolute Gasteiger partial charge is 0.265 e. The Balaban J connectivity index is 2.51. The van der Waals surface area contributed by atoms with Crippen molar-refractivity contribution in [2.75, 3.05) is 4.72 Å². The van der Waals surface area contributed by atoms with Gasteiger partial charge in [-0.05, 0) is 32.0 Å². The lowest BCUT2D eigenvalue weighted by atomic mass is 10.2. The second-order valence-corrected chi connectivity index (χ2v) is 6.87. The van der Waals surface area contributed by atoms with Gasteiger partial charge < -0.3 is 9.52 Å². The molecule has 8 heteroatoms. The molecular formula is C13H13Cl2NO4S. The molecule has 0 aliphatic carbocycles. The highest BCUT2D eigenvalue weighted by molar-refractivity contribution is 7.92. The summed E-state index contributed by atoms with van der Waals surface area (Å²) >= 11 is 11.8. The van der Waals surface area contributed by atoms with Crippen LogP contribution in [0.1, 0.15) is 17.1 Å². The number of nitrogens with one attached hydrogen (secondary N) is 1. The van der Waals surface area contributed by atoms with Gasteiger partial charge in [0.15, 0.2) is 0 Å². The van der Waals surface area contributed by atoms with Crippen LogP contribution in [0.25, 0.3) is 0 Å². The lowest BCUT2D eigenvalue weighted by Gasteiger charge is -2.10. The fraction of sp³-hybridized carbons (Fsp3) is 0.231. The van der Waals surface area contributed by atoms with Gasteiger partial charge in [0, 0.05) is 10.6 Å². The summed E-state index contributed by atoms with van der Waals surface area (Å²) < 4.78 is 32.6. The first kappa shape index (κ1) is 16.2. The van der Waals surface area contributed by atoms with E-state index in [0.29, 0.717) is 10.8 Å². The predicted octanol–water partition coefficient (Wildman–Crippen LogP) is 3.50. The number of rotatable bonds is 4. The molecule has 21 heavy (non-hydrogen) atoms. The molecule has 0 spiro atoms. The summed E-state index contributed by atoms with van der Waals surface area (Å²) in [5.74, 6) is 0.551. The van der Waals surface area contributed by atoms with Crippen LogP contribution in [0.15, 0.2) is 27.5 Å². The number of aryl methyl sites for hydroxylation is 2. The van der Waals surface area contributed by atoms with Crippen molar-refractivity contribution in [2.45, 2.75) is 25.3 Å². The Morgan fingerprint density at radius 1 is 1.24 bits per heavy atom. The number of aliphatic hydroxyl groups excluding tert-OH is 1. The first-order valence-electron chi connectivity index (χ1n) is 5.94. The van der Waals surface area contributed by atoms with Crippen LogP contribution in [0, 0.1) is 13.8 Å². The molecule has 1 heterocycles. The molecular weight excluding hydrogens is 337 g/mol. The summed E-state index contributed by atoms with van der Waals surface area (Å²) in [6.07, 6.45) is 0. The molecule has 1 aromatic carbocycles. The molecule has 114 valence electrons. The van der Waals surface area contributed by atoms with Crippen molar-refractivity contribution in [2.24, 2.45) is 0 Å². The van der Waals surface area contributed by atoms with Gasteiger partial charge in [0.25, 0.3) is 10.0 Å². The highest BCUT2D eigenvalue weighted by Gasteiger charge is 2.27. The van der Waals surface area contributed by atoms with Gasteiger partial charge in [0.05, 0.1) is 17.3 Å². The fourth-order valence-electron chi connectivity index (χ4n) is 2.02. The van der Waals surface area contributed by atoms with Crippen molar-refractivity contribution in [3.8, 4) is 0 Å². The maximum absolute atomic E-state index is 12.5. The standard InChI is InChI=1S/C13H13Cl2NO4S/c1-7-10(6-17)13(8(2)20-7)21(18,19)16-12-5-9(14)3-4-11(12)15/h3-5,16-17H,6H2,1-2H3. The number of benzene rings is 1. The molecule has 0 bridgehead atoms. The molecule has 0 radical (unpaired) electrons. The lowest BCUT2D eigenvalue weighted by Crippen LogP contribution is -2.15. The molecule has 2 rings (SSSR count). The van der Waals surface area contributed by atoms with Crippen LogP contribution >= 0.6 is 23.2 Å². The van der Waals surface area contributed by atoms with Crippen LogP contribution in [-0.4, -0.2) is 13.5 Å². The van der Waals surface area contributed by atoms with Crippen molar-refractivity contribution < 1.29 is 17.9 Å². The van der Waals surface area contributed by atoms with E-state index in [0.717, 1.165) is 0 Å². The zero-order chi connectivity index (χ0) is 15.8. The Morgan fingerprint density at radius 3 is 2.52 bits per heavy atom. The minimum atomic E-state index is -3.95. The molecule has 2 aromatic rings. The number of anilines is 1. The molecule has 0 saturated heterocycles. The van der Waals surface area contributed by atoms with Gasteiger partial charge in [0.1, 0.15) is 16.4 Å². The van der Waals surface area contributed by atoms with E-state index in [1.807, 2.05) is 0 Å². The molecule has 0 atom stereocenters. The maximum Gasteiger partial charge on any atom is 0.265 e. The molecule has 0 saturated carbocycles. The molecule has 5 nitrogen and oxygen atoms in total.